The molecule has 0 saturated carbocycles. The molecular formula is C23H31N3O5. The summed E-state index contributed by atoms with van der Waals surface area (Å²) in [5.41, 5.74) is -0.541. The number of fused-ring (bicyclic) bond motifs is 1. The Balaban J connectivity index is 1.60. The smallest absolute Gasteiger partial charge is 0.246 e. The second-order valence-electron chi connectivity index (χ2n) is 9.75. The number of β-amino-alcohol motifs (C(OH)–C–C–N with tert-alkyl or cyclic N) is 1. The highest BCUT2D eigenvalue weighted by Gasteiger charge is 2.74. The second-order valence-corrected chi connectivity index (χ2v) is 9.75. The van der Waals surface area contributed by atoms with E-state index in [0.29, 0.717) is 19.4 Å². The Morgan fingerprint density at radius 3 is 2.58 bits per heavy atom. The molecule has 4 rings (SSSR count). The average Bonchev–Trinajstić information content (AvgIpc) is 3.34. The third-order valence-corrected chi connectivity index (χ3v) is 6.50. The molecule has 3 N–H and O–H groups in total. The van der Waals surface area contributed by atoms with Crippen LogP contribution in [0.3, 0.4) is 0 Å². The molecule has 31 heavy (non-hydrogen) atoms. The molecule has 2 unspecified atom stereocenters. The van der Waals surface area contributed by atoms with Crippen LogP contribution >= 0.6 is 0 Å². The van der Waals surface area contributed by atoms with E-state index in [1.165, 1.54) is 4.90 Å². The van der Waals surface area contributed by atoms with Gasteiger partial charge in [-0.1, -0.05) is 30.3 Å². The lowest BCUT2D eigenvalue weighted by Crippen LogP contribution is -2.58. The van der Waals surface area contributed by atoms with Gasteiger partial charge in [-0.05, 0) is 39.2 Å². The summed E-state index contributed by atoms with van der Waals surface area (Å²) in [5, 5.41) is 15.4. The van der Waals surface area contributed by atoms with Gasteiger partial charge in [0.15, 0.2) is 0 Å². The quantitative estimate of drug-likeness (QED) is 0.613. The fraction of sp³-hybridized carbons (Fsp3) is 0.609. The van der Waals surface area contributed by atoms with Gasteiger partial charge in [-0.25, -0.2) is 0 Å². The zero-order valence-electron chi connectivity index (χ0n) is 18.3. The van der Waals surface area contributed by atoms with Crippen molar-refractivity contribution in [1.82, 2.24) is 15.5 Å². The number of nitrogens with one attached hydrogen (secondary N) is 2. The van der Waals surface area contributed by atoms with Crippen LogP contribution in [-0.2, 0) is 25.7 Å². The van der Waals surface area contributed by atoms with Gasteiger partial charge < -0.3 is 25.4 Å². The van der Waals surface area contributed by atoms with Crippen LogP contribution < -0.4 is 10.6 Å². The molecule has 1 aromatic carbocycles. The molecule has 3 aliphatic rings. The molecule has 3 aliphatic heterocycles. The summed E-state index contributed by atoms with van der Waals surface area (Å²) in [7, 11) is 0. The fourth-order valence-electron chi connectivity index (χ4n) is 5.44. The van der Waals surface area contributed by atoms with Crippen molar-refractivity contribution in [3.05, 3.63) is 35.9 Å². The van der Waals surface area contributed by atoms with Crippen LogP contribution in [0.4, 0.5) is 0 Å². The molecule has 1 aromatic rings. The summed E-state index contributed by atoms with van der Waals surface area (Å²) >= 11 is 0. The Morgan fingerprint density at radius 1 is 1.23 bits per heavy atom. The Hall–Kier alpha value is -2.45. The maximum absolute atomic E-state index is 13.4. The minimum atomic E-state index is -1.03. The summed E-state index contributed by atoms with van der Waals surface area (Å²) in [6.07, 6.45) is 0.783. The number of carbonyl (C=O) groups is 3. The van der Waals surface area contributed by atoms with Crippen LogP contribution in [0, 0.1) is 11.8 Å². The minimum Gasteiger partial charge on any atom is -0.395 e. The van der Waals surface area contributed by atoms with Crippen LogP contribution in [0.1, 0.15) is 39.2 Å². The van der Waals surface area contributed by atoms with Gasteiger partial charge in [0.05, 0.1) is 24.5 Å². The van der Waals surface area contributed by atoms with Gasteiger partial charge in [0.2, 0.25) is 17.7 Å². The van der Waals surface area contributed by atoms with Gasteiger partial charge in [-0.15, -0.1) is 0 Å². The standard InChI is InChI=1S/C23H31N3O5/c1-22(2,3)25-20(29)18-23-10-9-15(31-23)16(17(23)21(30)26(18)11-12-27)19(28)24-13-14-7-5-4-6-8-14/h4-8,15-18,27H,9-13H2,1-3H3,(H,24,28)(H,25,29)/t15-,16+,17-,18?,23?/m0/s1. The fourth-order valence-corrected chi connectivity index (χ4v) is 5.44. The van der Waals surface area contributed by atoms with E-state index in [1.54, 1.807) is 0 Å². The van der Waals surface area contributed by atoms with Crippen LogP contribution in [0.25, 0.3) is 0 Å². The number of hydrogen-bond donors (Lipinski definition) is 3. The lowest BCUT2D eigenvalue weighted by atomic mass is 9.70. The molecule has 3 fully saturated rings. The van der Waals surface area contributed by atoms with E-state index >= 15 is 0 Å². The number of amides is 3. The summed E-state index contributed by atoms with van der Waals surface area (Å²) in [5.74, 6) is -2.18. The molecule has 8 nitrogen and oxygen atoms in total. The van der Waals surface area contributed by atoms with Crippen molar-refractivity contribution in [3.63, 3.8) is 0 Å². The zero-order chi connectivity index (χ0) is 22.4. The van der Waals surface area contributed by atoms with Crippen molar-refractivity contribution in [2.75, 3.05) is 13.2 Å². The number of ether oxygens (including phenoxy) is 1. The maximum atomic E-state index is 13.4. The number of benzene rings is 1. The number of aliphatic hydroxyl groups is 1. The van der Waals surface area contributed by atoms with Crippen molar-refractivity contribution in [2.24, 2.45) is 11.8 Å². The van der Waals surface area contributed by atoms with Gasteiger partial charge in [0.1, 0.15) is 11.6 Å². The predicted molar refractivity (Wildman–Crippen MR) is 113 cm³/mol. The van der Waals surface area contributed by atoms with Crippen molar-refractivity contribution in [1.29, 1.82) is 0 Å². The SMILES string of the molecule is CC(C)(C)NC(=O)C1N(CCO)C(=O)[C@@H]2[C@H](C(=O)NCc3ccccc3)[C@@H]3CCC12O3. The molecule has 1 spiro atoms. The summed E-state index contributed by atoms with van der Waals surface area (Å²) in [4.78, 5) is 41.2. The van der Waals surface area contributed by atoms with Gasteiger partial charge in [0, 0.05) is 18.6 Å². The van der Waals surface area contributed by atoms with Crippen LogP contribution in [-0.4, -0.2) is 64.2 Å². The predicted octanol–water partition coefficient (Wildman–Crippen LogP) is 0.584. The molecule has 0 radical (unpaired) electrons. The number of likely N-dealkylation sites (tertiary alicyclic amines) is 1. The van der Waals surface area contributed by atoms with Crippen LogP contribution in [0.2, 0.25) is 0 Å². The van der Waals surface area contributed by atoms with Gasteiger partial charge in [-0.2, -0.15) is 0 Å². The van der Waals surface area contributed by atoms with Crippen molar-refractivity contribution < 1.29 is 24.2 Å². The summed E-state index contributed by atoms with van der Waals surface area (Å²) in [6, 6.07) is 8.72. The Morgan fingerprint density at radius 2 is 1.94 bits per heavy atom. The third kappa shape index (κ3) is 3.72. The van der Waals surface area contributed by atoms with E-state index in [9.17, 15) is 19.5 Å². The summed E-state index contributed by atoms with van der Waals surface area (Å²) < 4.78 is 6.30. The van der Waals surface area contributed by atoms with E-state index in [0.717, 1.165) is 5.56 Å². The first-order chi connectivity index (χ1) is 14.7. The molecular weight excluding hydrogens is 398 g/mol. The molecule has 168 valence electrons. The highest BCUT2D eigenvalue weighted by Crippen LogP contribution is 2.58. The van der Waals surface area contributed by atoms with Gasteiger partial charge in [0.25, 0.3) is 0 Å². The first-order valence-electron chi connectivity index (χ1n) is 10.9. The monoisotopic (exact) mass is 429 g/mol. The average molecular weight is 430 g/mol. The largest absolute Gasteiger partial charge is 0.395 e. The Labute approximate surface area is 182 Å². The number of aliphatic hydroxyl groups excluding tert-OH is 1. The van der Waals surface area contributed by atoms with E-state index < -0.39 is 29.0 Å². The Kier molecular flexibility index (Phi) is 5.55. The molecule has 3 heterocycles. The number of hydrogen-bond acceptors (Lipinski definition) is 5. The third-order valence-electron chi connectivity index (χ3n) is 6.50. The van der Waals surface area contributed by atoms with Crippen molar-refractivity contribution in [3.8, 4) is 0 Å². The van der Waals surface area contributed by atoms with Gasteiger partial charge >= 0.3 is 0 Å². The van der Waals surface area contributed by atoms with E-state index in [-0.39, 0.29) is 37.0 Å². The lowest BCUT2D eigenvalue weighted by molar-refractivity contribution is -0.143. The maximum Gasteiger partial charge on any atom is 0.246 e. The number of nitrogens with zero attached hydrogens (tertiary/aromatic N) is 1. The second kappa shape index (κ2) is 7.91. The first-order valence-corrected chi connectivity index (χ1v) is 10.9. The number of rotatable bonds is 6. The first kappa shape index (κ1) is 21.8. The zero-order valence-corrected chi connectivity index (χ0v) is 18.3. The molecule has 0 aromatic heterocycles. The molecule has 5 atom stereocenters. The van der Waals surface area contributed by atoms with E-state index in [4.69, 9.17) is 4.74 Å². The lowest BCUT2D eigenvalue weighted by Gasteiger charge is -2.35. The number of carbonyl (C=O) groups excluding carboxylic acids is 3. The summed E-state index contributed by atoms with van der Waals surface area (Å²) in [6.45, 7) is 5.76. The van der Waals surface area contributed by atoms with Gasteiger partial charge in [-0.3, -0.25) is 14.4 Å². The molecule has 3 saturated heterocycles. The van der Waals surface area contributed by atoms with Crippen LogP contribution in [0.15, 0.2) is 30.3 Å². The molecule has 2 bridgehead atoms. The Bertz CT molecular complexity index is 868. The molecule has 0 aliphatic carbocycles. The van der Waals surface area contributed by atoms with E-state index in [2.05, 4.69) is 10.6 Å². The topological polar surface area (TPSA) is 108 Å². The molecule has 3 amide bonds. The van der Waals surface area contributed by atoms with E-state index in [1.807, 2.05) is 51.1 Å². The highest BCUT2D eigenvalue weighted by atomic mass is 16.5. The minimum absolute atomic E-state index is 0.0334. The highest BCUT2D eigenvalue weighted by molar-refractivity contribution is 5.99. The van der Waals surface area contributed by atoms with Crippen molar-refractivity contribution in [2.45, 2.75) is 63.4 Å². The van der Waals surface area contributed by atoms with Crippen LogP contribution in [0.5, 0.6) is 0 Å². The van der Waals surface area contributed by atoms with Crippen molar-refractivity contribution >= 4 is 17.7 Å². The molecule has 8 heteroatoms. The normalized spacial score (nSPS) is 31.6.